The van der Waals surface area contributed by atoms with Crippen molar-refractivity contribution in [2.24, 2.45) is 0 Å². The average molecular weight is 260 g/mol. The van der Waals surface area contributed by atoms with Gasteiger partial charge in [-0.05, 0) is 32.9 Å². The molecule has 0 saturated carbocycles. The molecule has 3 heteroatoms. The first-order valence-electron chi connectivity index (χ1n) is 6.35. The van der Waals surface area contributed by atoms with Crippen LogP contribution < -0.4 is 5.32 Å². The van der Waals surface area contributed by atoms with Gasteiger partial charge in [-0.3, -0.25) is 0 Å². The first-order valence-corrected chi connectivity index (χ1v) is 7.17. The number of hydrogen-bond donors (Lipinski definition) is 1. The SMILES string of the molecule is CCNC(c1cccc(C)c1)c1sc(C)nc1C. The maximum Gasteiger partial charge on any atom is 0.0900 e. The van der Waals surface area contributed by atoms with Crippen LogP contribution in [0.15, 0.2) is 24.3 Å². The second-order valence-electron chi connectivity index (χ2n) is 4.59. The Morgan fingerprint density at radius 3 is 2.61 bits per heavy atom. The van der Waals surface area contributed by atoms with Gasteiger partial charge in [0.2, 0.25) is 0 Å². The van der Waals surface area contributed by atoms with Crippen LogP contribution in [-0.2, 0) is 0 Å². The van der Waals surface area contributed by atoms with Crippen molar-refractivity contribution in [3.05, 3.63) is 51.0 Å². The first-order chi connectivity index (χ1) is 8.61. The summed E-state index contributed by atoms with van der Waals surface area (Å²) < 4.78 is 0. The molecule has 96 valence electrons. The highest BCUT2D eigenvalue weighted by atomic mass is 32.1. The van der Waals surface area contributed by atoms with E-state index in [4.69, 9.17) is 0 Å². The van der Waals surface area contributed by atoms with Crippen molar-refractivity contribution >= 4 is 11.3 Å². The lowest BCUT2D eigenvalue weighted by molar-refractivity contribution is 0.635. The third kappa shape index (κ3) is 2.79. The molecule has 1 heterocycles. The van der Waals surface area contributed by atoms with Gasteiger partial charge in [0.1, 0.15) is 0 Å². The van der Waals surface area contributed by atoms with Crippen LogP contribution in [0.25, 0.3) is 0 Å². The fourth-order valence-electron chi connectivity index (χ4n) is 2.23. The molecule has 0 spiro atoms. The lowest BCUT2D eigenvalue weighted by atomic mass is 10.0. The summed E-state index contributed by atoms with van der Waals surface area (Å²) in [6, 6.07) is 8.97. The van der Waals surface area contributed by atoms with Crippen LogP contribution in [0, 0.1) is 20.8 Å². The molecule has 0 radical (unpaired) electrons. The largest absolute Gasteiger partial charge is 0.306 e. The molecule has 0 aliphatic rings. The van der Waals surface area contributed by atoms with Crippen LogP contribution in [0.3, 0.4) is 0 Å². The van der Waals surface area contributed by atoms with Crippen molar-refractivity contribution in [2.45, 2.75) is 33.7 Å². The van der Waals surface area contributed by atoms with Gasteiger partial charge in [0.25, 0.3) is 0 Å². The van der Waals surface area contributed by atoms with Crippen LogP contribution in [0.1, 0.15) is 39.7 Å². The zero-order chi connectivity index (χ0) is 13.1. The van der Waals surface area contributed by atoms with Gasteiger partial charge in [-0.25, -0.2) is 4.98 Å². The molecule has 2 rings (SSSR count). The molecule has 0 bridgehead atoms. The summed E-state index contributed by atoms with van der Waals surface area (Å²) >= 11 is 1.79. The van der Waals surface area contributed by atoms with Gasteiger partial charge in [0, 0.05) is 4.88 Å². The smallest absolute Gasteiger partial charge is 0.0900 e. The van der Waals surface area contributed by atoms with Gasteiger partial charge in [-0.15, -0.1) is 11.3 Å². The van der Waals surface area contributed by atoms with Crippen molar-refractivity contribution in [3.63, 3.8) is 0 Å². The molecule has 18 heavy (non-hydrogen) atoms. The molecule has 0 fully saturated rings. The Morgan fingerprint density at radius 2 is 2.06 bits per heavy atom. The highest BCUT2D eigenvalue weighted by Crippen LogP contribution is 2.30. The summed E-state index contributed by atoms with van der Waals surface area (Å²) in [7, 11) is 0. The van der Waals surface area contributed by atoms with Crippen molar-refractivity contribution < 1.29 is 0 Å². The molecule has 1 aromatic heterocycles. The topological polar surface area (TPSA) is 24.9 Å². The maximum atomic E-state index is 4.54. The molecule has 1 N–H and O–H groups in total. The average Bonchev–Trinajstić information content (AvgIpc) is 2.65. The predicted octanol–water partition coefficient (Wildman–Crippen LogP) is 3.77. The van der Waals surface area contributed by atoms with Crippen molar-refractivity contribution in [1.82, 2.24) is 10.3 Å². The Balaban J connectivity index is 2.42. The summed E-state index contributed by atoms with van der Waals surface area (Å²) in [5, 5.41) is 4.70. The van der Waals surface area contributed by atoms with E-state index in [0.29, 0.717) is 0 Å². The molecule has 2 aromatic rings. The van der Waals surface area contributed by atoms with Crippen LogP contribution in [0.5, 0.6) is 0 Å². The molecule has 1 unspecified atom stereocenters. The molecule has 0 saturated heterocycles. The lowest BCUT2D eigenvalue weighted by Crippen LogP contribution is -2.21. The number of aryl methyl sites for hydroxylation is 3. The summed E-state index contributed by atoms with van der Waals surface area (Å²) in [6.45, 7) is 9.40. The molecular weight excluding hydrogens is 240 g/mol. The first kappa shape index (κ1) is 13.2. The number of aromatic nitrogens is 1. The summed E-state index contributed by atoms with van der Waals surface area (Å²) in [5.41, 5.74) is 3.77. The number of rotatable bonds is 4. The number of benzene rings is 1. The van der Waals surface area contributed by atoms with Gasteiger partial charge in [-0.1, -0.05) is 36.8 Å². The second kappa shape index (κ2) is 5.63. The zero-order valence-electron chi connectivity index (χ0n) is 11.4. The van der Waals surface area contributed by atoms with E-state index in [1.54, 1.807) is 11.3 Å². The molecule has 2 nitrogen and oxygen atoms in total. The minimum Gasteiger partial charge on any atom is -0.306 e. The highest BCUT2D eigenvalue weighted by Gasteiger charge is 2.18. The van der Waals surface area contributed by atoms with E-state index < -0.39 is 0 Å². The number of hydrogen-bond acceptors (Lipinski definition) is 3. The fraction of sp³-hybridized carbons (Fsp3) is 0.400. The Morgan fingerprint density at radius 1 is 1.28 bits per heavy atom. The lowest BCUT2D eigenvalue weighted by Gasteiger charge is -2.18. The molecule has 1 aromatic carbocycles. The molecule has 1 atom stereocenters. The standard InChI is InChI=1S/C15H20N2S/c1-5-16-14(13-8-6-7-10(2)9-13)15-11(3)17-12(4)18-15/h6-9,14,16H,5H2,1-4H3. The van der Waals surface area contributed by atoms with E-state index in [2.05, 4.69) is 62.3 Å². The quantitative estimate of drug-likeness (QED) is 0.905. The van der Waals surface area contributed by atoms with Crippen LogP contribution >= 0.6 is 11.3 Å². The third-order valence-electron chi connectivity index (χ3n) is 2.99. The molecular formula is C15H20N2S. The summed E-state index contributed by atoms with van der Waals surface area (Å²) in [5.74, 6) is 0. The van der Waals surface area contributed by atoms with Crippen molar-refractivity contribution in [3.8, 4) is 0 Å². The predicted molar refractivity (Wildman–Crippen MR) is 78.3 cm³/mol. The van der Waals surface area contributed by atoms with E-state index in [1.807, 2.05) is 0 Å². The van der Waals surface area contributed by atoms with Gasteiger partial charge in [0.05, 0.1) is 16.7 Å². The Hall–Kier alpha value is -1.19. The van der Waals surface area contributed by atoms with Gasteiger partial charge in [-0.2, -0.15) is 0 Å². The van der Waals surface area contributed by atoms with E-state index in [0.717, 1.165) is 17.2 Å². The van der Waals surface area contributed by atoms with Gasteiger partial charge >= 0.3 is 0 Å². The molecule has 0 aliphatic heterocycles. The van der Waals surface area contributed by atoms with E-state index >= 15 is 0 Å². The van der Waals surface area contributed by atoms with E-state index in [9.17, 15) is 0 Å². The summed E-state index contributed by atoms with van der Waals surface area (Å²) in [6.07, 6.45) is 0. The minimum absolute atomic E-state index is 0.265. The Kier molecular flexibility index (Phi) is 4.15. The van der Waals surface area contributed by atoms with Crippen LogP contribution in [-0.4, -0.2) is 11.5 Å². The van der Waals surface area contributed by atoms with Gasteiger partial charge in [0.15, 0.2) is 0 Å². The van der Waals surface area contributed by atoms with Crippen LogP contribution in [0.4, 0.5) is 0 Å². The number of thiazole rings is 1. The molecule has 0 amide bonds. The Labute approximate surface area is 113 Å². The van der Waals surface area contributed by atoms with Crippen molar-refractivity contribution in [2.75, 3.05) is 6.54 Å². The van der Waals surface area contributed by atoms with Crippen molar-refractivity contribution in [1.29, 1.82) is 0 Å². The monoisotopic (exact) mass is 260 g/mol. The number of nitrogens with zero attached hydrogens (tertiary/aromatic N) is 1. The Bertz CT molecular complexity index is 531. The zero-order valence-corrected chi connectivity index (χ0v) is 12.3. The molecule has 0 aliphatic carbocycles. The normalized spacial score (nSPS) is 12.7. The minimum atomic E-state index is 0.265. The van der Waals surface area contributed by atoms with E-state index in [1.165, 1.54) is 16.0 Å². The third-order valence-corrected chi connectivity index (χ3v) is 4.12. The highest BCUT2D eigenvalue weighted by molar-refractivity contribution is 7.11. The summed E-state index contributed by atoms with van der Waals surface area (Å²) in [4.78, 5) is 5.87. The second-order valence-corrected chi connectivity index (χ2v) is 5.82. The fourth-order valence-corrected chi connectivity index (χ4v) is 3.26. The van der Waals surface area contributed by atoms with Gasteiger partial charge < -0.3 is 5.32 Å². The number of nitrogens with one attached hydrogen (secondary N) is 1. The van der Waals surface area contributed by atoms with E-state index in [-0.39, 0.29) is 6.04 Å². The maximum absolute atomic E-state index is 4.54. The van der Waals surface area contributed by atoms with Crippen LogP contribution in [0.2, 0.25) is 0 Å².